The van der Waals surface area contributed by atoms with Crippen molar-refractivity contribution >= 4 is 25.7 Å². The molecule has 6 heteroatoms. The molecule has 0 saturated carbocycles. The van der Waals surface area contributed by atoms with E-state index in [1.807, 2.05) is 0 Å². The number of hydrogen-bond donors (Lipinski definition) is 0. The molecule has 0 fully saturated rings. The predicted molar refractivity (Wildman–Crippen MR) is 138 cm³/mol. The zero-order valence-electron chi connectivity index (χ0n) is 21.2. The van der Waals surface area contributed by atoms with Gasteiger partial charge in [-0.05, 0) is 19.3 Å². The van der Waals surface area contributed by atoms with Crippen molar-refractivity contribution in [3.8, 4) is 0 Å². The van der Waals surface area contributed by atoms with Crippen LogP contribution in [0.15, 0.2) is 0 Å². The minimum absolute atomic E-state index is 0.350. The quantitative estimate of drug-likeness (QED) is 0.104. The van der Waals surface area contributed by atoms with E-state index in [1.165, 1.54) is 102 Å². The Morgan fingerprint density at radius 2 is 1.03 bits per heavy atom. The molecule has 0 spiro atoms. The van der Waals surface area contributed by atoms with E-state index in [0.717, 1.165) is 37.5 Å². The van der Waals surface area contributed by atoms with Crippen molar-refractivity contribution in [2.45, 2.75) is 129 Å². The fraction of sp³-hybridized carbons (Fsp3) is 0.960. The summed E-state index contributed by atoms with van der Waals surface area (Å²) in [6, 6.07) is 0.810. The first-order chi connectivity index (χ1) is 15.1. The van der Waals surface area contributed by atoms with Crippen molar-refractivity contribution in [3.05, 3.63) is 0 Å². The summed E-state index contributed by atoms with van der Waals surface area (Å²) in [5.74, 6) is 0.888. The van der Waals surface area contributed by atoms with Gasteiger partial charge in [0.25, 0.3) is 0 Å². The van der Waals surface area contributed by atoms with Crippen LogP contribution in [0.4, 0.5) is 0 Å². The summed E-state index contributed by atoms with van der Waals surface area (Å²) in [4.78, 5) is 12.0. The van der Waals surface area contributed by atoms with E-state index in [4.69, 9.17) is 13.3 Å². The molecule has 0 bridgehead atoms. The summed E-state index contributed by atoms with van der Waals surface area (Å²) in [7, 11) is 2.50. The van der Waals surface area contributed by atoms with Gasteiger partial charge >= 0.3 is 8.80 Å². The van der Waals surface area contributed by atoms with Gasteiger partial charge in [0, 0.05) is 39.5 Å². The Morgan fingerprint density at radius 3 is 1.45 bits per heavy atom. The molecule has 0 aromatic rings. The Bertz CT molecular complexity index is 383. The minimum atomic E-state index is -2.44. The Kier molecular flexibility index (Phi) is 23.4. The number of carbonyl (C=O) groups excluding carboxylic acids is 1. The Hall–Kier alpha value is 0.117. The van der Waals surface area contributed by atoms with Crippen LogP contribution in [0.1, 0.15) is 122 Å². The van der Waals surface area contributed by atoms with Gasteiger partial charge in [-0.2, -0.15) is 0 Å². The molecule has 0 atom stereocenters. The Morgan fingerprint density at radius 1 is 0.613 bits per heavy atom. The first-order valence-electron chi connectivity index (χ1n) is 12.9. The molecule has 0 aromatic heterocycles. The molecule has 0 aliphatic rings. The Labute approximate surface area is 199 Å². The summed E-state index contributed by atoms with van der Waals surface area (Å²) in [5, 5.41) is 0.350. The van der Waals surface area contributed by atoms with Crippen LogP contribution in [0, 0.1) is 0 Å². The SMILES string of the molecule is CCCCCCCCCCCCCCCCCC(=O)SCCCC[Si](OC)(OC)OC. The summed E-state index contributed by atoms with van der Waals surface area (Å²) in [6.45, 7) is 2.28. The molecule has 4 nitrogen and oxygen atoms in total. The normalized spacial score (nSPS) is 11.9. The number of rotatable bonds is 24. The van der Waals surface area contributed by atoms with E-state index in [-0.39, 0.29) is 0 Å². The maximum absolute atomic E-state index is 12.0. The highest BCUT2D eigenvalue weighted by Gasteiger charge is 2.36. The highest BCUT2D eigenvalue weighted by atomic mass is 32.2. The van der Waals surface area contributed by atoms with Crippen LogP contribution in [-0.4, -0.2) is 41.0 Å². The van der Waals surface area contributed by atoms with E-state index in [0.29, 0.717) is 5.12 Å². The van der Waals surface area contributed by atoms with Gasteiger partial charge in [0.2, 0.25) is 0 Å². The van der Waals surface area contributed by atoms with Gasteiger partial charge in [-0.15, -0.1) is 0 Å². The monoisotopic (exact) mass is 476 g/mol. The Balaban J connectivity index is 3.33. The third kappa shape index (κ3) is 19.3. The van der Waals surface area contributed by atoms with Crippen LogP contribution in [0.5, 0.6) is 0 Å². The first-order valence-corrected chi connectivity index (χ1v) is 15.9. The van der Waals surface area contributed by atoms with Crippen LogP contribution in [-0.2, 0) is 18.1 Å². The second-order valence-electron chi connectivity index (χ2n) is 8.67. The highest BCUT2D eigenvalue weighted by molar-refractivity contribution is 8.13. The third-order valence-corrected chi connectivity index (χ3v) is 9.91. The predicted octanol–water partition coefficient (Wildman–Crippen LogP) is 8.17. The largest absolute Gasteiger partial charge is 0.500 e. The minimum Gasteiger partial charge on any atom is -0.377 e. The van der Waals surface area contributed by atoms with Crippen LogP contribution in [0.25, 0.3) is 0 Å². The molecule has 0 heterocycles. The van der Waals surface area contributed by atoms with E-state index < -0.39 is 8.80 Å². The molecule has 186 valence electrons. The fourth-order valence-corrected chi connectivity index (χ4v) is 6.56. The molecular formula is C25H52O4SSi. The van der Waals surface area contributed by atoms with Crippen molar-refractivity contribution in [3.63, 3.8) is 0 Å². The average molecular weight is 477 g/mol. The lowest BCUT2D eigenvalue weighted by molar-refractivity contribution is -0.111. The van der Waals surface area contributed by atoms with Gasteiger partial charge < -0.3 is 13.3 Å². The van der Waals surface area contributed by atoms with E-state index in [9.17, 15) is 4.79 Å². The second-order valence-corrected chi connectivity index (χ2v) is 12.9. The first kappa shape index (κ1) is 31.1. The lowest BCUT2D eigenvalue weighted by Gasteiger charge is -2.24. The smallest absolute Gasteiger partial charge is 0.377 e. The zero-order valence-corrected chi connectivity index (χ0v) is 23.0. The van der Waals surface area contributed by atoms with Gasteiger partial charge in [-0.3, -0.25) is 4.79 Å². The van der Waals surface area contributed by atoms with Gasteiger partial charge in [0.15, 0.2) is 5.12 Å². The second kappa shape index (κ2) is 23.3. The van der Waals surface area contributed by atoms with E-state index >= 15 is 0 Å². The van der Waals surface area contributed by atoms with Crippen molar-refractivity contribution in [2.24, 2.45) is 0 Å². The van der Waals surface area contributed by atoms with Crippen molar-refractivity contribution < 1.29 is 18.1 Å². The molecule has 0 saturated heterocycles. The topological polar surface area (TPSA) is 44.8 Å². The number of thioether (sulfide) groups is 1. The molecule has 0 aliphatic heterocycles. The highest BCUT2D eigenvalue weighted by Crippen LogP contribution is 2.19. The van der Waals surface area contributed by atoms with Crippen LogP contribution >= 0.6 is 11.8 Å². The molecule has 31 heavy (non-hydrogen) atoms. The summed E-state index contributed by atoms with van der Waals surface area (Å²) >= 11 is 1.49. The standard InChI is InChI=1S/C25H52O4SSi/c1-5-6-7-8-9-10-11-12-13-14-15-16-17-18-19-22-25(26)30-23-20-21-24-31(27-2,28-3)29-4/h5-24H2,1-4H3. The fourth-order valence-electron chi connectivity index (χ4n) is 3.90. The van der Waals surface area contributed by atoms with Crippen molar-refractivity contribution in [1.82, 2.24) is 0 Å². The molecule has 0 amide bonds. The average Bonchev–Trinajstić information content (AvgIpc) is 2.79. The van der Waals surface area contributed by atoms with Gasteiger partial charge in [0.05, 0.1) is 0 Å². The third-order valence-electron chi connectivity index (χ3n) is 6.06. The van der Waals surface area contributed by atoms with Crippen LogP contribution in [0.3, 0.4) is 0 Å². The van der Waals surface area contributed by atoms with Gasteiger partial charge in [-0.25, -0.2) is 0 Å². The molecular weight excluding hydrogens is 424 g/mol. The van der Waals surface area contributed by atoms with Gasteiger partial charge in [-0.1, -0.05) is 109 Å². The molecule has 0 aliphatic carbocycles. The summed E-state index contributed by atoms with van der Waals surface area (Å²) in [6.07, 6.45) is 23.1. The number of carbonyl (C=O) groups is 1. The van der Waals surface area contributed by atoms with Crippen LogP contribution < -0.4 is 0 Å². The van der Waals surface area contributed by atoms with Crippen LogP contribution in [0.2, 0.25) is 6.04 Å². The van der Waals surface area contributed by atoms with Gasteiger partial charge in [0.1, 0.15) is 0 Å². The summed E-state index contributed by atoms with van der Waals surface area (Å²) < 4.78 is 16.3. The molecule has 0 N–H and O–H groups in total. The maximum Gasteiger partial charge on any atom is 0.500 e. The van der Waals surface area contributed by atoms with Crippen molar-refractivity contribution in [1.29, 1.82) is 0 Å². The molecule has 0 aromatic carbocycles. The molecule has 0 unspecified atom stereocenters. The number of unbranched alkanes of at least 4 members (excludes halogenated alkanes) is 15. The maximum atomic E-state index is 12.0. The zero-order chi connectivity index (χ0) is 23.0. The lowest BCUT2D eigenvalue weighted by atomic mass is 10.0. The molecule has 0 rings (SSSR count). The molecule has 0 radical (unpaired) electrons. The number of hydrogen-bond acceptors (Lipinski definition) is 5. The lowest BCUT2D eigenvalue weighted by Crippen LogP contribution is -2.42. The van der Waals surface area contributed by atoms with E-state index in [2.05, 4.69) is 6.92 Å². The van der Waals surface area contributed by atoms with Crippen molar-refractivity contribution in [2.75, 3.05) is 27.1 Å². The van der Waals surface area contributed by atoms with E-state index in [1.54, 1.807) is 21.3 Å². The summed E-state index contributed by atoms with van der Waals surface area (Å²) in [5.41, 5.74) is 0.